The lowest BCUT2D eigenvalue weighted by atomic mass is 9.90. The van der Waals surface area contributed by atoms with Gasteiger partial charge in [0.25, 0.3) is 5.91 Å². The number of hydrogen-bond donors (Lipinski definition) is 7. The fourth-order valence-electron chi connectivity index (χ4n) is 12.0. The second-order valence-electron chi connectivity index (χ2n) is 31.2. The van der Waals surface area contributed by atoms with E-state index in [1.54, 1.807) is 26.8 Å². The number of hydrogen-bond acceptors (Lipinski definition) is 13. The fraction of sp³-hybridized carbons (Fsp3) is 0.411. The van der Waals surface area contributed by atoms with Crippen LogP contribution in [-0.2, 0) is 33.4 Å². The molecule has 0 heterocycles. The van der Waals surface area contributed by atoms with Gasteiger partial charge in [0.05, 0.1) is 24.5 Å². The number of aliphatic hydroxyl groups is 1. The Bertz CT molecular complexity index is 4250. The van der Waals surface area contributed by atoms with Gasteiger partial charge in [0.1, 0.15) is 23.0 Å². The van der Waals surface area contributed by atoms with Gasteiger partial charge in [0, 0.05) is 61.5 Å². The Hall–Kier alpha value is -9.91. The van der Waals surface area contributed by atoms with Gasteiger partial charge in [-0.2, -0.15) is 9.59 Å². The van der Waals surface area contributed by atoms with E-state index in [-0.39, 0.29) is 116 Å². The number of halogens is 2. The van der Waals surface area contributed by atoms with E-state index in [4.69, 9.17) is 24.2 Å². The Morgan fingerprint density at radius 3 is 1.03 bits per heavy atom. The predicted molar refractivity (Wildman–Crippen MR) is 450 cm³/mol. The zero-order valence-corrected chi connectivity index (χ0v) is 73.0. The Balaban J connectivity index is 0.00000144. The highest BCUT2D eigenvalue weighted by Crippen LogP contribution is 2.30. The molecule has 4 atom stereocenters. The molecule has 0 radical (unpaired) electrons. The van der Waals surface area contributed by atoms with Crippen LogP contribution in [0.5, 0.6) is 5.75 Å². The molecule has 0 unspecified atom stereocenters. The van der Waals surface area contributed by atoms with Crippen molar-refractivity contribution in [2.24, 2.45) is 0 Å². The first-order valence-corrected chi connectivity index (χ1v) is 39.0. The molecule has 0 aliphatic carbocycles. The monoisotopic (exact) mass is 1620 g/mol. The fourth-order valence-corrected chi connectivity index (χ4v) is 12.0. The summed E-state index contributed by atoms with van der Waals surface area (Å²) in [5.74, 6) is 1.42. The maximum absolute atomic E-state index is 13.1. The molecule has 0 aliphatic rings. The van der Waals surface area contributed by atoms with E-state index >= 15 is 0 Å². The Labute approximate surface area is 697 Å². The molecule has 0 aliphatic heterocycles. The number of aromatic hydroxyl groups is 1. The number of quaternary nitrogens is 2. The van der Waals surface area contributed by atoms with Crippen LogP contribution in [0.3, 0.4) is 0 Å². The predicted octanol–water partition coefficient (Wildman–Crippen LogP) is 12.4. The van der Waals surface area contributed by atoms with Crippen molar-refractivity contribution < 1.29 is 99.1 Å². The molecular weight excluding hydrogens is 1490 g/mol. The van der Waals surface area contributed by atoms with Gasteiger partial charge in [-0.3, -0.25) is 28.8 Å². The van der Waals surface area contributed by atoms with E-state index in [0.29, 0.717) is 55.6 Å². The van der Waals surface area contributed by atoms with Gasteiger partial charge in [0.2, 0.25) is 5.91 Å². The van der Waals surface area contributed by atoms with Gasteiger partial charge in [0.15, 0.2) is 23.9 Å². The van der Waals surface area contributed by atoms with Crippen molar-refractivity contribution in [3.8, 4) is 5.75 Å². The number of alkyl carbamates (subject to hydrolysis) is 1. The molecule has 20 heteroatoms. The van der Waals surface area contributed by atoms with Crippen molar-refractivity contribution in [2.45, 2.75) is 242 Å². The molecule has 115 heavy (non-hydrogen) atoms. The summed E-state index contributed by atoms with van der Waals surface area (Å²) < 4.78 is 10.5. The number of benzene rings is 8. The van der Waals surface area contributed by atoms with E-state index in [1.807, 2.05) is 219 Å². The molecule has 0 aromatic heterocycles. The van der Waals surface area contributed by atoms with E-state index in [2.05, 4.69) is 107 Å². The number of Topliss-reactive ketones (excluding diaryl/α,β-unsaturated/α-hetero) is 3. The molecule has 11 N–H and O–H groups in total. The van der Waals surface area contributed by atoms with Crippen LogP contribution in [0.1, 0.15) is 301 Å². The van der Waals surface area contributed by atoms with Crippen LogP contribution in [0, 0.1) is 27.7 Å². The number of phenols is 1. The van der Waals surface area contributed by atoms with Crippen LogP contribution in [0.15, 0.2) is 194 Å². The molecule has 0 fully saturated rings. The normalized spacial score (nSPS) is 11.6. The van der Waals surface area contributed by atoms with Gasteiger partial charge in [-0.15, -0.1) is 0 Å². The molecule has 8 aromatic carbocycles. The molecule has 8 rings (SSSR count). The largest absolute Gasteiger partial charge is 1.00 e. The highest BCUT2D eigenvalue weighted by atomic mass is 35.5. The molecule has 0 bridgehead atoms. The van der Waals surface area contributed by atoms with Crippen LogP contribution in [0.25, 0.3) is 0 Å². The van der Waals surface area contributed by atoms with E-state index in [0.717, 1.165) is 91.4 Å². The summed E-state index contributed by atoms with van der Waals surface area (Å²) in [6.07, 6.45) is 3.01. The highest BCUT2D eigenvalue weighted by molar-refractivity contribution is 5.99. The van der Waals surface area contributed by atoms with Crippen molar-refractivity contribution in [1.82, 2.24) is 16.0 Å². The van der Waals surface area contributed by atoms with Crippen molar-refractivity contribution in [2.75, 3.05) is 13.7 Å². The molecule has 626 valence electrons. The first-order chi connectivity index (χ1) is 53.3. The highest BCUT2D eigenvalue weighted by Gasteiger charge is 2.25. The van der Waals surface area contributed by atoms with Crippen LogP contribution < -0.4 is 52.2 Å². The summed E-state index contributed by atoms with van der Waals surface area (Å²) in [5.41, 5.74) is 22.1. The number of aliphatic hydroxyl groups excluding tert-OH is 1. The molecule has 0 saturated carbocycles. The minimum Gasteiger partial charge on any atom is -1.00 e. The van der Waals surface area contributed by atoms with Gasteiger partial charge in [-0.05, 0) is 181 Å². The van der Waals surface area contributed by atoms with Crippen molar-refractivity contribution >= 4 is 47.4 Å². The number of ether oxygens (including phenoxy) is 2. The number of aryl methyl sites for hydroxylation is 4. The van der Waals surface area contributed by atoms with Crippen molar-refractivity contribution in [1.29, 1.82) is 0 Å². The third kappa shape index (κ3) is 41.3. The van der Waals surface area contributed by atoms with Gasteiger partial charge in [-0.25, -0.2) is 4.79 Å². The van der Waals surface area contributed by atoms with Crippen LogP contribution in [0.2, 0.25) is 0 Å². The van der Waals surface area contributed by atoms with Gasteiger partial charge in [-0.1, -0.05) is 242 Å². The minimum absolute atomic E-state index is 0. The smallest absolute Gasteiger partial charge is 0.408 e. The summed E-state index contributed by atoms with van der Waals surface area (Å²) in [5, 5.41) is 25.2. The summed E-state index contributed by atoms with van der Waals surface area (Å²) >= 11 is 0. The first kappa shape index (κ1) is 105. The molecule has 0 saturated heterocycles. The average molecular weight is 1620 g/mol. The number of phenolic OH excluding ortho intramolecular Hbond substituents is 1. The summed E-state index contributed by atoms with van der Waals surface area (Å²) in [6.45, 7) is 37.8. The van der Waals surface area contributed by atoms with E-state index < -0.39 is 17.2 Å². The third-order valence-corrected chi connectivity index (χ3v) is 17.8. The lowest BCUT2D eigenvalue weighted by molar-refractivity contribution is -0.427. The molecule has 0 spiro atoms. The van der Waals surface area contributed by atoms with Gasteiger partial charge < -0.3 is 71.9 Å². The second-order valence-corrected chi connectivity index (χ2v) is 31.2. The maximum Gasteiger partial charge on any atom is 0.408 e. The SMILES string of the molecule is CO.C[C@@H](NC(=O)OC(C)(C)C)c1ccccc1.Cc1ccc(C(C)C)c(C(=O)CC[C@@H](NC(=O)CCC(=O)OC(C)(C)C)c2ccccc2)c1.Cc1ccc(C(C)C)c(C(=O)CC[C@@H](NC(=O)C[NH3+])c2ccccc2)c1.Cc1ccc(C(C)C)c(C(=O)CC[C@@H]([NH3+])c2ccccc2)c1.Cc1ccc(C(C)C)c(O)c1.O=C=O.[Cl-].[Cl-]. The van der Waals surface area contributed by atoms with Crippen LogP contribution >= 0.6 is 0 Å². The summed E-state index contributed by atoms with van der Waals surface area (Å²) in [7, 11) is 1.00. The summed E-state index contributed by atoms with van der Waals surface area (Å²) in [4.78, 5) is 103. The van der Waals surface area contributed by atoms with Gasteiger partial charge >= 0.3 is 18.2 Å². The number of amides is 3. The van der Waals surface area contributed by atoms with Crippen molar-refractivity contribution in [3.63, 3.8) is 0 Å². The third-order valence-electron chi connectivity index (χ3n) is 17.8. The quantitative estimate of drug-likeness (QED) is 0.0186. The zero-order chi connectivity index (χ0) is 85.1. The average Bonchev–Trinajstić information content (AvgIpc) is 0.839. The molecule has 8 aromatic rings. The zero-order valence-electron chi connectivity index (χ0n) is 71.5. The lowest BCUT2D eigenvalue weighted by Crippen LogP contribution is -3.00. The number of nitrogens with one attached hydrogen (secondary N) is 3. The minimum atomic E-state index is -0.578. The number of esters is 1. The molecular formula is C95H129Cl2N5O13. The Morgan fingerprint density at radius 2 is 0.704 bits per heavy atom. The van der Waals surface area contributed by atoms with E-state index in [1.165, 1.54) is 5.56 Å². The number of carbonyl (C=O) groups is 7. The number of carbonyl (C=O) groups excluding carboxylic acids is 9. The lowest BCUT2D eigenvalue weighted by Gasteiger charge is -2.22. The second kappa shape index (κ2) is 54.8. The van der Waals surface area contributed by atoms with Crippen LogP contribution in [-0.4, -0.2) is 82.4 Å². The first-order valence-electron chi connectivity index (χ1n) is 39.0. The number of rotatable bonds is 27. The number of ketones is 3. The summed E-state index contributed by atoms with van der Waals surface area (Å²) in [6, 6.07) is 63.1. The molecule has 18 nitrogen and oxygen atoms in total. The maximum atomic E-state index is 13.1. The van der Waals surface area contributed by atoms with E-state index in [9.17, 15) is 38.7 Å². The standard InChI is InChI=1S/C28H37NO4.C22H28N2O2.C20H25NO.C13H19NO2.C10H14O.CO2.CH4O.2ClH/c1-19(2)22-13-12-20(3)18-23(22)25(30)15-14-24(21-10-8-7-9-11-21)29-26(31)16-17-27(32)33-28(4,5)6;1-15(2)18-10-9-16(3)13-19(18)21(25)12-11-20(24-22(26)14-23)17-7-5-4-6-8-17;1-14(2)17-10-9-15(3)13-18(17)20(22)12-11-19(21)16-7-5-4-6-8-16;1-10(11-8-6-5-7-9-11)14-12(15)16-13(2,3)4;1-7(2)9-5-4-8(3)6-10(9)11;2-1-3;1-2;;/h7-13,18-19,24H,14-17H2,1-6H3,(H,29,31);4-10,13,15,20H,11-12,14,23H2,1-3H3,(H,24,26);4-10,13-14,19H,11-12,21H2,1-3H3;5-10H,1-4H3,(H,14,15);4-7,11H,1-3H3;;2H,1H3;2*1H/t24-;20-;19-;10-;;;;;/m1111...../s1. The molecule has 3 amide bonds. The topological polar surface area (TPSA) is 304 Å². The Kier molecular flexibility index (Phi) is 50.1. The Morgan fingerprint density at radius 1 is 0.400 bits per heavy atom. The van der Waals surface area contributed by atoms with Crippen molar-refractivity contribution in [3.05, 3.63) is 278 Å². The van der Waals surface area contributed by atoms with Crippen LogP contribution in [0.4, 0.5) is 4.79 Å².